The molecule has 0 fully saturated rings. The third-order valence-corrected chi connectivity index (χ3v) is 4.66. The lowest BCUT2D eigenvalue weighted by molar-refractivity contribution is -0.136. The first-order chi connectivity index (χ1) is 10.2. The Hall–Kier alpha value is -2.14. The van der Waals surface area contributed by atoms with E-state index in [9.17, 15) is 26.4 Å². The molecule has 0 radical (unpaired) electrons. The monoisotopic (exact) mass is 352 g/mol. The van der Waals surface area contributed by atoms with Crippen LogP contribution in [0.3, 0.4) is 0 Å². The Labute approximate surface area is 126 Å². The minimum atomic E-state index is -4.67. The van der Waals surface area contributed by atoms with Gasteiger partial charge in [-0.3, -0.25) is 9.52 Å². The van der Waals surface area contributed by atoms with Crippen molar-refractivity contribution in [2.75, 3.05) is 4.72 Å². The van der Waals surface area contributed by atoms with Gasteiger partial charge < -0.3 is 5.11 Å². The molecule has 0 unspecified atom stereocenters. The number of carbonyl (C=O) groups is 1. The Kier molecular flexibility index (Phi) is 4.37. The average Bonchev–Trinajstić information content (AvgIpc) is 2.72. The molecule has 6 nitrogen and oxygen atoms in total. The number of nitrogens with zero attached hydrogens (tertiary/aromatic N) is 1. The van der Waals surface area contributed by atoms with E-state index in [1.54, 1.807) is 0 Å². The summed E-state index contributed by atoms with van der Waals surface area (Å²) < 4.78 is 65.4. The molecule has 0 amide bonds. The highest BCUT2D eigenvalue weighted by atomic mass is 32.2. The number of hydrogen-bond acceptors (Lipinski definition) is 5. The molecule has 1 heterocycles. The number of aromatic nitrogens is 1. The first-order valence-electron chi connectivity index (χ1n) is 5.52. The van der Waals surface area contributed by atoms with E-state index in [-0.39, 0.29) is 23.0 Å². The summed E-state index contributed by atoms with van der Waals surface area (Å²) in [7, 11) is -4.67. The highest BCUT2D eigenvalue weighted by molar-refractivity contribution is 7.93. The lowest BCUT2D eigenvalue weighted by atomic mass is 10.3. The number of nitrogens with one attached hydrogen (secondary N) is 1. The summed E-state index contributed by atoms with van der Waals surface area (Å²) >= 11 is 0.744. The van der Waals surface area contributed by atoms with Crippen LogP contribution >= 0.6 is 11.3 Å². The number of carboxylic acids is 1. The Morgan fingerprint density at radius 1 is 1.27 bits per heavy atom. The van der Waals surface area contributed by atoms with Gasteiger partial charge in [0.15, 0.2) is 10.0 Å². The van der Waals surface area contributed by atoms with E-state index in [0.717, 1.165) is 11.3 Å². The van der Waals surface area contributed by atoms with E-state index in [0.29, 0.717) is 0 Å². The molecule has 118 valence electrons. The van der Waals surface area contributed by atoms with E-state index < -0.39 is 44.8 Å². The molecule has 0 aliphatic heterocycles. The van der Waals surface area contributed by atoms with Crippen LogP contribution in [0.5, 0.6) is 0 Å². The molecule has 0 aliphatic rings. The van der Waals surface area contributed by atoms with Gasteiger partial charge >= 0.3 is 5.97 Å². The summed E-state index contributed by atoms with van der Waals surface area (Å²) in [6.45, 7) is 0. The van der Waals surface area contributed by atoms with Crippen molar-refractivity contribution in [3.05, 3.63) is 40.7 Å². The van der Waals surface area contributed by atoms with E-state index in [1.807, 2.05) is 4.72 Å². The molecule has 22 heavy (non-hydrogen) atoms. The molecule has 2 N–H and O–H groups in total. The van der Waals surface area contributed by atoms with Gasteiger partial charge in [0.05, 0.1) is 12.1 Å². The van der Waals surface area contributed by atoms with Crippen LogP contribution in [0.15, 0.2) is 22.4 Å². The highest BCUT2D eigenvalue weighted by Crippen LogP contribution is 2.24. The molecule has 0 saturated heterocycles. The second-order valence-corrected chi connectivity index (χ2v) is 6.50. The number of thiazole rings is 1. The summed E-state index contributed by atoms with van der Waals surface area (Å²) in [5.41, 5.74) is 0.0789. The maximum Gasteiger partial charge on any atom is 0.309 e. The summed E-state index contributed by atoms with van der Waals surface area (Å²) in [6, 6.07) is 0.463. The van der Waals surface area contributed by atoms with Crippen LogP contribution < -0.4 is 4.72 Å². The fraction of sp³-hybridized carbons (Fsp3) is 0.0909. The smallest absolute Gasteiger partial charge is 0.309 e. The average molecular weight is 352 g/mol. The topological polar surface area (TPSA) is 96.4 Å². The molecule has 0 bridgehead atoms. The number of benzene rings is 1. The fourth-order valence-electron chi connectivity index (χ4n) is 1.54. The van der Waals surface area contributed by atoms with E-state index in [2.05, 4.69) is 4.98 Å². The van der Waals surface area contributed by atoms with Crippen LogP contribution in [0.1, 0.15) is 5.69 Å². The fourth-order valence-corrected chi connectivity index (χ4v) is 3.63. The van der Waals surface area contributed by atoms with Crippen molar-refractivity contribution in [2.24, 2.45) is 0 Å². The lowest BCUT2D eigenvalue weighted by Crippen LogP contribution is -2.16. The minimum Gasteiger partial charge on any atom is -0.481 e. The van der Waals surface area contributed by atoms with Crippen LogP contribution in [-0.4, -0.2) is 24.5 Å². The van der Waals surface area contributed by atoms with Crippen molar-refractivity contribution in [1.29, 1.82) is 0 Å². The van der Waals surface area contributed by atoms with Crippen molar-refractivity contribution >= 4 is 32.5 Å². The van der Waals surface area contributed by atoms with Crippen molar-refractivity contribution in [1.82, 2.24) is 4.98 Å². The summed E-state index contributed by atoms with van der Waals surface area (Å²) in [6.07, 6.45) is -0.433. The third-order valence-electron chi connectivity index (χ3n) is 2.34. The summed E-state index contributed by atoms with van der Waals surface area (Å²) in [5, 5.41) is 9.59. The summed E-state index contributed by atoms with van der Waals surface area (Å²) in [5.74, 6) is -5.61. The van der Waals surface area contributed by atoms with E-state index in [4.69, 9.17) is 5.11 Å². The van der Waals surface area contributed by atoms with E-state index >= 15 is 0 Å². The zero-order chi connectivity index (χ0) is 16.5. The van der Waals surface area contributed by atoms with Crippen LogP contribution in [-0.2, 0) is 21.2 Å². The zero-order valence-corrected chi connectivity index (χ0v) is 12.1. The number of sulfonamides is 1. The minimum absolute atomic E-state index is 0.0789. The number of hydrogen-bond donors (Lipinski definition) is 2. The van der Waals surface area contributed by atoms with Crippen molar-refractivity contribution in [3.63, 3.8) is 0 Å². The molecule has 0 saturated carbocycles. The SMILES string of the molecule is O=C(O)Cc1csc(NS(=O)(=O)c2c(F)cc(F)cc2F)n1. The normalized spacial score (nSPS) is 11.4. The van der Waals surface area contributed by atoms with Crippen molar-refractivity contribution < 1.29 is 31.5 Å². The van der Waals surface area contributed by atoms with Gasteiger partial charge in [0.2, 0.25) is 0 Å². The first-order valence-corrected chi connectivity index (χ1v) is 7.89. The molecule has 11 heteroatoms. The maximum absolute atomic E-state index is 13.5. The first kappa shape index (κ1) is 16.2. The van der Waals surface area contributed by atoms with Gasteiger partial charge in [0, 0.05) is 17.5 Å². The highest BCUT2D eigenvalue weighted by Gasteiger charge is 2.26. The van der Waals surface area contributed by atoms with Crippen molar-refractivity contribution in [3.8, 4) is 0 Å². The third kappa shape index (κ3) is 3.54. The predicted molar refractivity (Wildman–Crippen MR) is 70.6 cm³/mol. The second kappa shape index (κ2) is 5.93. The predicted octanol–water partition coefficient (Wildman–Crippen LogP) is 1.99. The van der Waals surface area contributed by atoms with Crippen LogP contribution in [0.4, 0.5) is 18.3 Å². The standard InChI is InChI=1S/C11H7F3N2O4S2/c12-5-1-7(13)10(8(14)2-5)22(19,20)16-11-15-6(4-21-11)3-9(17)18/h1-2,4H,3H2,(H,15,16)(H,17,18). The molecule has 0 spiro atoms. The second-order valence-electron chi connectivity index (χ2n) is 4.02. The number of anilines is 1. The quantitative estimate of drug-likeness (QED) is 0.858. The van der Waals surface area contributed by atoms with Gasteiger partial charge in [-0.1, -0.05) is 0 Å². The molecule has 0 atom stereocenters. The van der Waals surface area contributed by atoms with Gasteiger partial charge in [-0.05, 0) is 0 Å². The van der Waals surface area contributed by atoms with Gasteiger partial charge in [-0.2, -0.15) is 0 Å². The maximum atomic E-state index is 13.5. The Morgan fingerprint density at radius 3 is 2.41 bits per heavy atom. The van der Waals surface area contributed by atoms with Gasteiger partial charge in [0.25, 0.3) is 10.0 Å². The van der Waals surface area contributed by atoms with Crippen molar-refractivity contribution in [2.45, 2.75) is 11.3 Å². The van der Waals surface area contributed by atoms with Crippen LogP contribution in [0.25, 0.3) is 0 Å². The van der Waals surface area contributed by atoms with Gasteiger partial charge in [-0.15, -0.1) is 11.3 Å². The lowest BCUT2D eigenvalue weighted by Gasteiger charge is -2.07. The number of rotatable bonds is 5. The number of aliphatic carboxylic acids is 1. The molecular formula is C11H7F3N2O4S2. The van der Waals surface area contributed by atoms with Crippen LogP contribution in [0.2, 0.25) is 0 Å². The largest absolute Gasteiger partial charge is 0.481 e. The Balaban J connectivity index is 2.32. The Morgan fingerprint density at radius 2 is 1.86 bits per heavy atom. The van der Waals surface area contributed by atoms with Gasteiger partial charge in [-0.25, -0.2) is 26.6 Å². The zero-order valence-electron chi connectivity index (χ0n) is 10.5. The Bertz CT molecular complexity index is 813. The molecule has 1 aromatic carbocycles. The molecule has 2 aromatic rings. The molecule has 2 rings (SSSR count). The molecule has 1 aromatic heterocycles. The summed E-state index contributed by atoms with van der Waals surface area (Å²) in [4.78, 5) is 12.8. The van der Waals surface area contributed by atoms with Gasteiger partial charge in [0.1, 0.15) is 17.5 Å². The van der Waals surface area contributed by atoms with Crippen LogP contribution in [0, 0.1) is 17.5 Å². The molecule has 0 aliphatic carbocycles. The van der Waals surface area contributed by atoms with E-state index in [1.165, 1.54) is 5.38 Å². The molecular weight excluding hydrogens is 345 g/mol. The number of carboxylic acid groups (broad SMARTS) is 1. The number of halogens is 3.